The van der Waals surface area contributed by atoms with Gasteiger partial charge in [-0.05, 0) is 30.0 Å². The molecule has 130 valence electrons. The number of hydrogen-bond donors (Lipinski definition) is 1. The zero-order valence-electron chi connectivity index (χ0n) is 14.2. The van der Waals surface area contributed by atoms with Crippen molar-refractivity contribution in [2.75, 3.05) is 6.54 Å². The fourth-order valence-electron chi connectivity index (χ4n) is 3.58. The van der Waals surface area contributed by atoms with Crippen LogP contribution in [0.25, 0.3) is 0 Å². The molecular formula is C21H23NO3. The Morgan fingerprint density at radius 3 is 2.44 bits per heavy atom. The van der Waals surface area contributed by atoms with E-state index in [-0.39, 0.29) is 23.9 Å². The third-order valence-corrected chi connectivity index (χ3v) is 4.85. The molecule has 4 nitrogen and oxygen atoms in total. The van der Waals surface area contributed by atoms with Gasteiger partial charge in [-0.1, -0.05) is 61.4 Å². The van der Waals surface area contributed by atoms with Gasteiger partial charge in [0.2, 0.25) is 5.91 Å². The Balaban J connectivity index is 1.84. The van der Waals surface area contributed by atoms with Gasteiger partial charge in [0.05, 0.1) is 18.0 Å². The van der Waals surface area contributed by atoms with Crippen LogP contribution in [0.3, 0.4) is 0 Å². The second-order valence-corrected chi connectivity index (χ2v) is 6.50. The van der Waals surface area contributed by atoms with Gasteiger partial charge in [0, 0.05) is 6.54 Å². The van der Waals surface area contributed by atoms with E-state index in [4.69, 9.17) is 0 Å². The van der Waals surface area contributed by atoms with E-state index in [0.29, 0.717) is 5.56 Å². The zero-order chi connectivity index (χ0) is 17.6. The number of aromatic carboxylic acids is 1. The lowest BCUT2D eigenvalue weighted by Crippen LogP contribution is -2.36. The Bertz CT molecular complexity index is 742. The van der Waals surface area contributed by atoms with E-state index in [1.165, 1.54) is 0 Å². The van der Waals surface area contributed by atoms with Crippen LogP contribution in [0.1, 0.15) is 53.2 Å². The van der Waals surface area contributed by atoms with Crippen molar-refractivity contribution in [3.05, 3.63) is 71.3 Å². The van der Waals surface area contributed by atoms with Gasteiger partial charge in [-0.3, -0.25) is 4.79 Å². The molecule has 1 aliphatic rings. The molecule has 0 aliphatic carbocycles. The number of nitrogens with zero attached hydrogens (tertiary/aromatic N) is 1. The molecule has 1 unspecified atom stereocenters. The van der Waals surface area contributed by atoms with Gasteiger partial charge in [-0.15, -0.1) is 0 Å². The third-order valence-electron chi connectivity index (χ3n) is 4.85. The zero-order valence-corrected chi connectivity index (χ0v) is 14.2. The average Bonchev–Trinajstić information content (AvgIpc) is 2.89. The van der Waals surface area contributed by atoms with Gasteiger partial charge in [-0.2, -0.15) is 0 Å². The van der Waals surface area contributed by atoms with Gasteiger partial charge >= 0.3 is 5.97 Å². The molecule has 2 aromatic carbocycles. The van der Waals surface area contributed by atoms with Crippen molar-refractivity contribution in [3.8, 4) is 0 Å². The smallest absolute Gasteiger partial charge is 0.335 e. The summed E-state index contributed by atoms with van der Waals surface area (Å²) in [5.74, 6) is -0.983. The summed E-state index contributed by atoms with van der Waals surface area (Å²) >= 11 is 0. The summed E-state index contributed by atoms with van der Waals surface area (Å²) in [4.78, 5) is 26.4. The van der Waals surface area contributed by atoms with Gasteiger partial charge in [0.1, 0.15) is 0 Å². The molecule has 0 saturated carbocycles. The number of carboxylic acids is 1. The first-order valence-electron chi connectivity index (χ1n) is 8.82. The molecule has 1 heterocycles. The van der Waals surface area contributed by atoms with Crippen LogP contribution in [0.2, 0.25) is 0 Å². The van der Waals surface area contributed by atoms with Crippen molar-refractivity contribution in [1.82, 2.24) is 4.90 Å². The minimum atomic E-state index is -0.987. The normalized spacial score (nSPS) is 17.8. The van der Waals surface area contributed by atoms with Crippen LogP contribution in [0.4, 0.5) is 0 Å². The van der Waals surface area contributed by atoms with Crippen LogP contribution in [0.15, 0.2) is 54.6 Å². The summed E-state index contributed by atoms with van der Waals surface area (Å²) < 4.78 is 0. The van der Waals surface area contributed by atoms with Crippen LogP contribution >= 0.6 is 0 Å². The highest BCUT2D eigenvalue weighted by Crippen LogP contribution is 2.30. The van der Waals surface area contributed by atoms with Crippen molar-refractivity contribution in [2.45, 2.75) is 38.1 Å². The number of carboxylic acid groups (broad SMARTS) is 1. The SMILES string of the molecule is O=C(O)c1ccccc1CC(=O)N1CCCCCC1c1ccccc1. The molecule has 1 aliphatic heterocycles. The van der Waals surface area contributed by atoms with E-state index in [2.05, 4.69) is 12.1 Å². The highest BCUT2D eigenvalue weighted by molar-refractivity contribution is 5.91. The lowest BCUT2D eigenvalue weighted by molar-refractivity contribution is -0.132. The maximum atomic E-state index is 13.0. The molecule has 0 spiro atoms. The van der Waals surface area contributed by atoms with Crippen molar-refractivity contribution in [3.63, 3.8) is 0 Å². The molecule has 1 amide bonds. The lowest BCUT2D eigenvalue weighted by atomic mass is 9.99. The quantitative estimate of drug-likeness (QED) is 0.915. The largest absolute Gasteiger partial charge is 0.478 e. The molecule has 2 aromatic rings. The standard InChI is InChI=1S/C21H23NO3/c23-20(15-17-11-6-7-12-18(17)21(24)25)22-14-8-2-5-13-19(22)16-9-3-1-4-10-16/h1,3-4,6-7,9-12,19H,2,5,8,13-15H2,(H,24,25). The van der Waals surface area contributed by atoms with Crippen LogP contribution in [-0.4, -0.2) is 28.4 Å². The molecule has 0 radical (unpaired) electrons. The topological polar surface area (TPSA) is 57.6 Å². The molecule has 1 fully saturated rings. The second kappa shape index (κ2) is 7.97. The molecule has 4 heteroatoms. The highest BCUT2D eigenvalue weighted by Gasteiger charge is 2.27. The lowest BCUT2D eigenvalue weighted by Gasteiger charge is -2.31. The summed E-state index contributed by atoms with van der Waals surface area (Å²) in [6.07, 6.45) is 4.31. The van der Waals surface area contributed by atoms with E-state index < -0.39 is 5.97 Å². The molecule has 1 saturated heterocycles. The van der Waals surface area contributed by atoms with Gasteiger partial charge < -0.3 is 10.0 Å². The molecule has 1 N–H and O–H groups in total. The second-order valence-electron chi connectivity index (χ2n) is 6.50. The summed E-state index contributed by atoms with van der Waals surface area (Å²) in [7, 11) is 0. The Morgan fingerprint density at radius 1 is 0.960 bits per heavy atom. The van der Waals surface area contributed by atoms with E-state index in [1.807, 2.05) is 23.1 Å². The van der Waals surface area contributed by atoms with Gasteiger partial charge in [-0.25, -0.2) is 4.79 Å². The van der Waals surface area contributed by atoms with Crippen molar-refractivity contribution in [2.24, 2.45) is 0 Å². The third kappa shape index (κ3) is 4.08. The Labute approximate surface area is 148 Å². The van der Waals surface area contributed by atoms with Gasteiger partial charge in [0.25, 0.3) is 0 Å². The number of benzene rings is 2. The molecule has 25 heavy (non-hydrogen) atoms. The van der Waals surface area contributed by atoms with Crippen molar-refractivity contribution < 1.29 is 14.7 Å². The fraction of sp³-hybridized carbons (Fsp3) is 0.333. The first-order valence-corrected chi connectivity index (χ1v) is 8.82. The summed E-state index contributed by atoms with van der Waals surface area (Å²) in [6.45, 7) is 0.730. The minimum Gasteiger partial charge on any atom is -0.478 e. The van der Waals surface area contributed by atoms with E-state index in [9.17, 15) is 14.7 Å². The van der Waals surface area contributed by atoms with E-state index in [1.54, 1.807) is 24.3 Å². The molecule has 0 aromatic heterocycles. The predicted molar refractivity (Wildman–Crippen MR) is 96.5 cm³/mol. The predicted octanol–water partition coefficient (Wildman–Crippen LogP) is 4.07. The fourth-order valence-corrected chi connectivity index (χ4v) is 3.58. The van der Waals surface area contributed by atoms with Crippen molar-refractivity contribution >= 4 is 11.9 Å². The minimum absolute atomic E-state index is 0.00412. The Kier molecular flexibility index (Phi) is 5.49. The molecule has 3 rings (SSSR count). The van der Waals surface area contributed by atoms with Crippen LogP contribution < -0.4 is 0 Å². The molecule has 0 bridgehead atoms. The first-order chi connectivity index (χ1) is 12.2. The Hall–Kier alpha value is -2.62. The number of carbonyl (C=O) groups excluding carboxylic acids is 1. The number of carbonyl (C=O) groups is 2. The number of amides is 1. The number of hydrogen-bond acceptors (Lipinski definition) is 2. The summed E-state index contributed by atoms with van der Waals surface area (Å²) in [5, 5.41) is 9.34. The number of rotatable bonds is 4. The van der Waals surface area contributed by atoms with Crippen LogP contribution in [0.5, 0.6) is 0 Å². The average molecular weight is 337 g/mol. The summed E-state index contributed by atoms with van der Waals surface area (Å²) in [5.41, 5.74) is 1.95. The number of likely N-dealkylation sites (tertiary alicyclic amines) is 1. The van der Waals surface area contributed by atoms with Crippen molar-refractivity contribution in [1.29, 1.82) is 0 Å². The highest BCUT2D eigenvalue weighted by atomic mass is 16.4. The van der Waals surface area contributed by atoms with Gasteiger partial charge in [0.15, 0.2) is 0 Å². The van der Waals surface area contributed by atoms with Crippen LogP contribution in [0, 0.1) is 0 Å². The van der Waals surface area contributed by atoms with Crippen LogP contribution in [-0.2, 0) is 11.2 Å². The Morgan fingerprint density at radius 2 is 1.68 bits per heavy atom. The maximum absolute atomic E-state index is 13.0. The van der Waals surface area contributed by atoms with E-state index in [0.717, 1.165) is 37.8 Å². The monoisotopic (exact) mass is 337 g/mol. The molecule has 1 atom stereocenters. The van der Waals surface area contributed by atoms with E-state index >= 15 is 0 Å². The molecular weight excluding hydrogens is 314 g/mol. The summed E-state index contributed by atoms with van der Waals surface area (Å²) in [6, 6.07) is 17.0. The maximum Gasteiger partial charge on any atom is 0.335 e. The first kappa shape index (κ1) is 17.2.